The van der Waals surface area contributed by atoms with Crippen molar-refractivity contribution < 1.29 is 0 Å². The van der Waals surface area contributed by atoms with Crippen molar-refractivity contribution in [3.8, 4) is 0 Å². The number of nitrogens with one attached hydrogen (secondary N) is 1. The molecule has 1 aliphatic heterocycles. The van der Waals surface area contributed by atoms with Gasteiger partial charge >= 0.3 is 0 Å². The molecule has 0 aromatic heterocycles. The Balaban J connectivity index is 2.39. The molecule has 2 nitrogen and oxygen atoms in total. The Labute approximate surface area is 108 Å². The van der Waals surface area contributed by atoms with Crippen LogP contribution < -0.4 is 5.32 Å². The molecule has 0 bridgehead atoms. The predicted octanol–water partition coefficient (Wildman–Crippen LogP) is 3.28. The minimum absolute atomic E-state index is 0.685. The SMILES string of the molecule is CCNC(CN1CCCCCCC1)C(C)CC. The molecule has 1 aliphatic rings. The fraction of sp³-hybridized carbons (Fsp3) is 1.00. The maximum Gasteiger partial charge on any atom is 0.0220 e. The Morgan fingerprint density at radius 2 is 1.59 bits per heavy atom. The van der Waals surface area contributed by atoms with Crippen LogP contribution in [-0.4, -0.2) is 37.1 Å². The van der Waals surface area contributed by atoms with Gasteiger partial charge in [0.05, 0.1) is 0 Å². The van der Waals surface area contributed by atoms with Crippen molar-refractivity contribution in [2.75, 3.05) is 26.2 Å². The quantitative estimate of drug-likeness (QED) is 0.766. The highest BCUT2D eigenvalue weighted by molar-refractivity contribution is 4.77. The largest absolute Gasteiger partial charge is 0.313 e. The number of hydrogen-bond donors (Lipinski definition) is 1. The zero-order chi connectivity index (χ0) is 12.5. The smallest absolute Gasteiger partial charge is 0.0220 e. The Hall–Kier alpha value is -0.0800. The average molecular weight is 240 g/mol. The molecule has 0 aromatic carbocycles. The molecule has 2 atom stereocenters. The third-order valence-corrected chi connectivity index (χ3v) is 4.20. The lowest BCUT2D eigenvalue weighted by Crippen LogP contribution is -2.45. The molecule has 0 amide bonds. The van der Waals surface area contributed by atoms with Gasteiger partial charge < -0.3 is 10.2 Å². The first-order chi connectivity index (χ1) is 8.27. The maximum absolute atomic E-state index is 3.67. The number of rotatable bonds is 6. The van der Waals surface area contributed by atoms with Crippen LogP contribution in [-0.2, 0) is 0 Å². The lowest BCUT2D eigenvalue weighted by Gasteiger charge is -2.32. The lowest BCUT2D eigenvalue weighted by molar-refractivity contribution is 0.197. The van der Waals surface area contributed by atoms with E-state index in [1.807, 2.05) is 0 Å². The molecule has 17 heavy (non-hydrogen) atoms. The van der Waals surface area contributed by atoms with Gasteiger partial charge in [-0.1, -0.05) is 46.5 Å². The predicted molar refractivity (Wildman–Crippen MR) is 76.4 cm³/mol. The van der Waals surface area contributed by atoms with Gasteiger partial charge in [-0.25, -0.2) is 0 Å². The van der Waals surface area contributed by atoms with Gasteiger partial charge in [0.25, 0.3) is 0 Å². The monoisotopic (exact) mass is 240 g/mol. The molecular weight excluding hydrogens is 208 g/mol. The Kier molecular flexibility index (Phi) is 7.87. The summed E-state index contributed by atoms with van der Waals surface area (Å²) in [5, 5.41) is 3.67. The summed E-state index contributed by atoms with van der Waals surface area (Å²) >= 11 is 0. The Morgan fingerprint density at radius 3 is 2.12 bits per heavy atom. The van der Waals surface area contributed by atoms with Gasteiger partial charge in [-0.2, -0.15) is 0 Å². The van der Waals surface area contributed by atoms with Crippen molar-refractivity contribution in [3.63, 3.8) is 0 Å². The van der Waals surface area contributed by atoms with Crippen molar-refractivity contribution in [2.45, 2.75) is 65.3 Å². The first kappa shape index (κ1) is 15.0. The molecule has 1 saturated heterocycles. The van der Waals surface area contributed by atoms with Crippen LogP contribution in [0.4, 0.5) is 0 Å². The molecule has 0 spiro atoms. The highest BCUT2D eigenvalue weighted by Gasteiger charge is 2.18. The van der Waals surface area contributed by atoms with E-state index in [9.17, 15) is 0 Å². The molecule has 102 valence electrons. The fourth-order valence-electron chi connectivity index (χ4n) is 2.77. The molecule has 0 aliphatic carbocycles. The number of nitrogens with zero attached hydrogens (tertiary/aromatic N) is 1. The van der Waals surface area contributed by atoms with E-state index in [2.05, 4.69) is 31.0 Å². The molecule has 1 heterocycles. The summed E-state index contributed by atoms with van der Waals surface area (Å²) in [5.41, 5.74) is 0. The van der Waals surface area contributed by atoms with E-state index < -0.39 is 0 Å². The third kappa shape index (κ3) is 5.87. The normalized spacial score (nSPS) is 22.8. The number of likely N-dealkylation sites (tertiary alicyclic amines) is 1. The molecule has 0 radical (unpaired) electrons. The summed E-state index contributed by atoms with van der Waals surface area (Å²) < 4.78 is 0. The van der Waals surface area contributed by atoms with E-state index in [4.69, 9.17) is 0 Å². The molecule has 2 heteroatoms. The fourth-order valence-corrected chi connectivity index (χ4v) is 2.77. The van der Waals surface area contributed by atoms with E-state index in [1.165, 1.54) is 58.2 Å². The summed E-state index contributed by atoms with van der Waals surface area (Å²) in [6.07, 6.45) is 8.41. The summed E-state index contributed by atoms with van der Waals surface area (Å²) in [4.78, 5) is 2.69. The zero-order valence-corrected chi connectivity index (χ0v) is 12.2. The molecule has 0 saturated carbocycles. The van der Waals surface area contributed by atoms with Crippen molar-refractivity contribution in [3.05, 3.63) is 0 Å². The highest BCUT2D eigenvalue weighted by Crippen LogP contribution is 2.14. The van der Waals surface area contributed by atoms with Crippen molar-refractivity contribution >= 4 is 0 Å². The number of likely N-dealkylation sites (N-methyl/N-ethyl adjacent to an activating group) is 1. The Morgan fingerprint density at radius 1 is 1.00 bits per heavy atom. The zero-order valence-electron chi connectivity index (χ0n) is 12.2. The van der Waals surface area contributed by atoms with Gasteiger partial charge in [-0.05, 0) is 38.4 Å². The molecule has 1 fully saturated rings. The first-order valence-electron chi connectivity index (χ1n) is 7.73. The summed E-state index contributed by atoms with van der Waals surface area (Å²) in [6, 6.07) is 0.685. The van der Waals surface area contributed by atoms with Gasteiger partial charge in [-0.15, -0.1) is 0 Å². The van der Waals surface area contributed by atoms with Crippen molar-refractivity contribution in [1.29, 1.82) is 0 Å². The maximum atomic E-state index is 3.67. The van der Waals surface area contributed by atoms with Crippen LogP contribution in [0.25, 0.3) is 0 Å². The highest BCUT2D eigenvalue weighted by atomic mass is 15.1. The van der Waals surface area contributed by atoms with Gasteiger partial charge in [0.2, 0.25) is 0 Å². The molecule has 1 N–H and O–H groups in total. The third-order valence-electron chi connectivity index (χ3n) is 4.20. The Bertz CT molecular complexity index is 174. The molecule has 2 unspecified atom stereocenters. The summed E-state index contributed by atoms with van der Waals surface area (Å²) in [6.45, 7) is 11.9. The second-order valence-corrected chi connectivity index (χ2v) is 5.62. The summed E-state index contributed by atoms with van der Waals surface area (Å²) in [5.74, 6) is 0.792. The summed E-state index contributed by atoms with van der Waals surface area (Å²) in [7, 11) is 0. The van der Waals surface area contributed by atoms with Gasteiger partial charge in [0, 0.05) is 12.6 Å². The minimum atomic E-state index is 0.685. The van der Waals surface area contributed by atoms with E-state index in [0.29, 0.717) is 6.04 Å². The minimum Gasteiger partial charge on any atom is -0.313 e. The van der Waals surface area contributed by atoms with Crippen LogP contribution in [0.5, 0.6) is 0 Å². The van der Waals surface area contributed by atoms with Gasteiger partial charge in [0.1, 0.15) is 0 Å². The van der Waals surface area contributed by atoms with Crippen LogP contribution in [0.3, 0.4) is 0 Å². The van der Waals surface area contributed by atoms with Crippen LogP contribution >= 0.6 is 0 Å². The van der Waals surface area contributed by atoms with E-state index in [1.54, 1.807) is 0 Å². The van der Waals surface area contributed by atoms with Crippen LogP contribution in [0.15, 0.2) is 0 Å². The first-order valence-corrected chi connectivity index (χ1v) is 7.73. The van der Waals surface area contributed by atoms with E-state index in [-0.39, 0.29) is 0 Å². The molecule has 1 rings (SSSR count). The van der Waals surface area contributed by atoms with Crippen LogP contribution in [0, 0.1) is 5.92 Å². The van der Waals surface area contributed by atoms with E-state index >= 15 is 0 Å². The molecular formula is C15H32N2. The second-order valence-electron chi connectivity index (χ2n) is 5.62. The van der Waals surface area contributed by atoms with E-state index in [0.717, 1.165) is 12.5 Å². The van der Waals surface area contributed by atoms with Crippen molar-refractivity contribution in [2.24, 2.45) is 5.92 Å². The average Bonchev–Trinajstić information content (AvgIpc) is 2.30. The van der Waals surface area contributed by atoms with Gasteiger partial charge in [-0.3, -0.25) is 0 Å². The molecule has 0 aromatic rings. The topological polar surface area (TPSA) is 15.3 Å². The van der Waals surface area contributed by atoms with Crippen molar-refractivity contribution in [1.82, 2.24) is 10.2 Å². The van der Waals surface area contributed by atoms with Crippen LogP contribution in [0.2, 0.25) is 0 Å². The van der Waals surface area contributed by atoms with Crippen LogP contribution in [0.1, 0.15) is 59.3 Å². The number of hydrogen-bond acceptors (Lipinski definition) is 2. The van der Waals surface area contributed by atoms with Gasteiger partial charge in [0.15, 0.2) is 0 Å². The lowest BCUT2D eigenvalue weighted by atomic mass is 9.98. The standard InChI is InChI=1S/C15H32N2/c1-4-14(3)15(16-5-2)13-17-11-9-7-6-8-10-12-17/h14-16H,4-13H2,1-3H3. The second kappa shape index (κ2) is 8.93.